The summed E-state index contributed by atoms with van der Waals surface area (Å²) in [4.78, 5) is 12.9. The average molecular weight is 313 g/mol. The summed E-state index contributed by atoms with van der Waals surface area (Å²) in [7, 11) is 1.63. The highest BCUT2D eigenvalue weighted by molar-refractivity contribution is 7.99. The minimum Gasteiger partial charge on any atom is -0.481 e. The molecule has 0 aliphatic carbocycles. The number of ether oxygens (including phenoxy) is 1. The van der Waals surface area contributed by atoms with Gasteiger partial charge in [0.25, 0.3) is 0 Å². The number of carbonyl (C=O) groups is 1. The summed E-state index contributed by atoms with van der Waals surface area (Å²) in [6, 6.07) is 4.03. The highest BCUT2D eigenvalue weighted by Crippen LogP contribution is 2.29. The van der Waals surface area contributed by atoms with Crippen LogP contribution in [0.5, 0.6) is 0 Å². The number of rotatable bonds is 7. The number of hydrogen-bond donors (Lipinski definition) is 1. The third kappa shape index (κ3) is 3.59. The fraction of sp³-hybridized carbons (Fsp3) is 0.417. The van der Waals surface area contributed by atoms with E-state index in [0.29, 0.717) is 18.3 Å². The van der Waals surface area contributed by atoms with Gasteiger partial charge in [-0.2, -0.15) is 0 Å². The molecule has 0 saturated heterocycles. The van der Waals surface area contributed by atoms with E-state index < -0.39 is 5.97 Å². The van der Waals surface area contributed by atoms with Gasteiger partial charge in [-0.1, -0.05) is 11.8 Å². The van der Waals surface area contributed by atoms with Crippen LogP contribution in [-0.4, -0.2) is 45.3 Å². The maximum atomic E-state index is 10.7. The molecule has 2 aromatic rings. The van der Waals surface area contributed by atoms with Crippen LogP contribution in [0.4, 0.5) is 0 Å². The Labute approximate surface area is 124 Å². The number of thioether (sulfide) groups is 1. The maximum Gasteiger partial charge on any atom is 0.313 e. The van der Waals surface area contributed by atoms with Crippen LogP contribution in [0, 0.1) is 6.92 Å². The number of aryl methyl sites for hydroxylation is 1. The van der Waals surface area contributed by atoms with Gasteiger partial charge in [-0.25, -0.2) is 0 Å². The summed E-state index contributed by atoms with van der Waals surface area (Å²) in [6.07, 6.45) is 0. The Hall–Kier alpha value is -1.38. The van der Waals surface area contributed by atoms with Crippen LogP contribution >= 0.6 is 23.1 Å². The Morgan fingerprint density at radius 1 is 1.50 bits per heavy atom. The van der Waals surface area contributed by atoms with Crippen LogP contribution in [0.25, 0.3) is 10.7 Å². The van der Waals surface area contributed by atoms with Gasteiger partial charge in [-0.05, 0) is 19.1 Å². The molecule has 0 aromatic carbocycles. The SMILES string of the molecule is COCCn1c(SCC(=O)O)nnc1-c1ccc(C)s1. The van der Waals surface area contributed by atoms with Crippen molar-refractivity contribution in [2.75, 3.05) is 19.5 Å². The molecule has 20 heavy (non-hydrogen) atoms. The van der Waals surface area contributed by atoms with Gasteiger partial charge in [0, 0.05) is 12.0 Å². The summed E-state index contributed by atoms with van der Waals surface area (Å²) in [5.74, 6) is -0.146. The summed E-state index contributed by atoms with van der Waals surface area (Å²) in [5, 5.41) is 17.6. The van der Waals surface area contributed by atoms with Crippen LogP contribution in [0.1, 0.15) is 4.88 Å². The van der Waals surface area contributed by atoms with Crippen molar-refractivity contribution in [1.82, 2.24) is 14.8 Å². The molecule has 0 aliphatic rings. The van der Waals surface area contributed by atoms with Gasteiger partial charge >= 0.3 is 5.97 Å². The van der Waals surface area contributed by atoms with Crippen molar-refractivity contribution in [1.29, 1.82) is 0 Å². The molecule has 0 fully saturated rings. The third-order valence-electron chi connectivity index (χ3n) is 2.52. The number of carboxylic acid groups (broad SMARTS) is 1. The fourth-order valence-corrected chi connectivity index (χ4v) is 3.19. The van der Waals surface area contributed by atoms with Gasteiger partial charge in [0.2, 0.25) is 0 Å². The molecule has 0 aliphatic heterocycles. The van der Waals surface area contributed by atoms with E-state index in [1.165, 1.54) is 16.6 Å². The van der Waals surface area contributed by atoms with E-state index in [-0.39, 0.29) is 5.75 Å². The maximum absolute atomic E-state index is 10.7. The molecule has 2 aromatic heterocycles. The molecule has 8 heteroatoms. The first-order chi connectivity index (χ1) is 9.61. The van der Waals surface area contributed by atoms with Gasteiger partial charge < -0.3 is 9.84 Å². The zero-order chi connectivity index (χ0) is 14.5. The van der Waals surface area contributed by atoms with Crippen LogP contribution in [-0.2, 0) is 16.1 Å². The van der Waals surface area contributed by atoms with Crippen molar-refractivity contribution < 1.29 is 14.6 Å². The van der Waals surface area contributed by atoms with Crippen LogP contribution in [0.2, 0.25) is 0 Å². The average Bonchev–Trinajstić information content (AvgIpc) is 2.99. The van der Waals surface area contributed by atoms with Crippen molar-refractivity contribution in [2.24, 2.45) is 0 Å². The molecule has 6 nitrogen and oxygen atoms in total. The lowest BCUT2D eigenvalue weighted by Gasteiger charge is -2.07. The number of hydrogen-bond acceptors (Lipinski definition) is 6. The molecule has 0 bridgehead atoms. The van der Waals surface area contributed by atoms with Crippen molar-refractivity contribution in [3.63, 3.8) is 0 Å². The Balaban J connectivity index is 2.28. The van der Waals surface area contributed by atoms with E-state index in [9.17, 15) is 4.79 Å². The molecule has 0 amide bonds. The van der Waals surface area contributed by atoms with Gasteiger partial charge in [0.05, 0.1) is 23.8 Å². The molecule has 0 saturated carbocycles. The second kappa shape index (κ2) is 6.87. The van der Waals surface area contributed by atoms with E-state index in [1.807, 2.05) is 23.6 Å². The molecular formula is C12H15N3O3S2. The summed E-state index contributed by atoms with van der Waals surface area (Å²) in [6.45, 7) is 3.15. The number of nitrogens with zero attached hydrogens (tertiary/aromatic N) is 3. The molecule has 108 valence electrons. The van der Waals surface area contributed by atoms with Gasteiger partial charge in [-0.15, -0.1) is 21.5 Å². The Kier molecular flexibility index (Phi) is 5.16. The first-order valence-corrected chi connectivity index (χ1v) is 7.75. The van der Waals surface area contributed by atoms with E-state index >= 15 is 0 Å². The standard InChI is InChI=1S/C12H15N3O3S2/c1-8-3-4-9(20-8)11-13-14-12(19-7-10(16)17)15(11)5-6-18-2/h3-4H,5-7H2,1-2H3,(H,16,17). The lowest BCUT2D eigenvalue weighted by Crippen LogP contribution is -2.08. The number of methoxy groups -OCH3 is 1. The second-order valence-corrected chi connectivity index (χ2v) is 6.27. The molecular weight excluding hydrogens is 298 g/mol. The molecule has 0 spiro atoms. The number of thiophene rings is 1. The van der Waals surface area contributed by atoms with Crippen LogP contribution in [0.3, 0.4) is 0 Å². The van der Waals surface area contributed by atoms with Crippen molar-refractivity contribution in [2.45, 2.75) is 18.6 Å². The third-order valence-corrected chi connectivity index (χ3v) is 4.47. The molecule has 0 radical (unpaired) electrons. The highest BCUT2D eigenvalue weighted by Gasteiger charge is 2.16. The molecule has 0 atom stereocenters. The summed E-state index contributed by atoms with van der Waals surface area (Å²) >= 11 is 2.80. The lowest BCUT2D eigenvalue weighted by molar-refractivity contribution is -0.133. The predicted octanol–water partition coefficient (Wildman–Crippen LogP) is 2.14. The first kappa shape index (κ1) is 15.0. The van der Waals surface area contributed by atoms with Crippen LogP contribution < -0.4 is 0 Å². The van der Waals surface area contributed by atoms with Gasteiger partial charge in [-0.3, -0.25) is 9.36 Å². The zero-order valence-corrected chi connectivity index (χ0v) is 12.8. The quantitative estimate of drug-likeness (QED) is 0.789. The highest BCUT2D eigenvalue weighted by atomic mass is 32.2. The Morgan fingerprint density at radius 2 is 2.30 bits per heavy atom. The molecule has 2 rings (SSSR count). The lowest BCUT2D eigenvalue weighted by atomic mass is 10.4. The molecule has 2 heterocycles. The monoisotopic (exact) mass is 313 g/mol. The zero-order valence-electron chi connectivity index (χ0n) is 11.2. The normalized spacial score (nSPS) is 10.9. The molecule has 1 N–H and O–H groups in total. The Morgan fingerprint density at radius 3 is 2.90 bits per heavy atom. The smallest absolute Gasteiger partial charge is 0.313 e. The summed E-state index contributed by atoms with van der Waals surface area (Å²) < 4.78 is 7.00. The fourth-order valence-electron chi connectivity index (χ4n) is 1.64. The van der Waals surface area contributed by atoms with Crippen molar-refractivity contribution in [3.8, 4) is 10.7 Å². The van der Waals surface area contributed by atoms with Crippen molar-refractivity contribution >= 4 is 29.1 Å². The van der Waals surface area contributed by atoms with E-state index in [4.69, 9.17) is 9.84 Å². The van der Waals surface area contributed by atoms with Crippen molar-refractivity contribution in [3.05, 3.63) is 17.0 Å². The summed E-state index contributed by atoms with van der Waals surface area (Å²) in [5.41, 5.74) is 0. The number of aliphatic carboxylic acids is 1. The van der Waals surface area contributed by atoms with Crippen LogP contribution in [0.15, 0.2) is 17.3 Å². The largest absolute Gasteiger partial charge is 0.481 e. The van der Waals surface area contributed by atoms with E-state index in [1.54, 1.807) is 18.4 Å². The Bertz CT molecular complexity index is 595. The number of carboxylic acids is 1. The van der Waals surface area contributed by atoms with E-state index in [0.717, 1.165) is 10.7 Å². The topological polar surface area (TPSA) is 77.2 Å². The second-order valence-electron chi connectivity index (χ2n) is 4.04. The predicted molar refractivity (Wildman–Crippen MR) is 78.3 cm³/mol. The van der Waals surface area contributed by atoms with Gasteiger partial charge in [0.1, 0.15) is 0 Å². The number of aromatic nitrogens is 3. The van der Waals surface area contributed by atoms with E-state index in [2.05, 4.69) is 10.2 Å². The minimum atomic E-state index is -0.871. The van der Waals surface area contributed by atoms with Gasteiger partial charge in [0.15, 0.2) is 11.0 Å². The molecule has 0 unspecified atom stereocenters. The first-order valence-electron chi connectivity index (χ1n) is 5.95. The minimum absolute atomic E-state index is 0.0332.